The smallest absolute Gasteiger partial charge is 0.292 e. The van der Waals surface area contributed by atoms with E-state index in [1.165, 1.54) is 6.07 Å². The van der Waals surface area contributed by atoms with Crippen LogP contribution in [-0.4, -0.2) is 21.0 Å². The lowest BCUT2D eigenvalue weighted by molar-refractivity contribution is -0.384. The number of nitrogens with zero attached hydrogens (tertiary/aromatic N) is 3. The molecule has 0 aliphatic carbocycles. The minimum Gasteiger partial charge on any atom is -0.379 e. The van der Waals surface area contributed by atoms with Gasteiger partial charge in [-0.25, -0.2) is 4.98 Å². The molecule has 0 amide bonds. The van der Waals surface area contributed by atoms with Gasteiger partial charge in [0.25, 0.3) is 5.69 Å². The van der Waals surface area contributed by atoms with Crippen molar-refractivity contribution in [1.29, 1.82) is 0 Å². The Morgan fingerprint density at radius 2 is 2.22 bits per heavy atom. The van der Waals surface area contributed by atoms with Gasteiger partial charge in [0, 0.05) is 32.3 Å². The lowest BCUT2D eigenvalue weighted by Gasteiger charge is -2.05. The van der Waals surface area contributed by atoms with Crippen molar-refractivity contribution in [3.8, 4) is 0 Å². The highest BCUT2D eigenvalue weighted by atomic mass is 16.6. The number of nitrogens with one attached hydrogen (secondary N) is 1. The molecule has 0 aliphatic heterocycles. The van der Waals surface area contributed by atoms with Crippen LogP contribution in [0.4, 0.5) is 11.4 Å². The molecule has 0 radical (unpaired) electrons. The Kier molecular flexibility index (Phi) is 3.57. The van der Waals surface area contributed by atoms with Crippen molar-refractivity contribution in [3.63, 3.8) is 0 Å². The number of hydrogen-bond acceptors (Lipinski definition) is 4. The number of benzene rings is 1. The van der Waals surface area contributed by atoms with Crippen LogP contribution in [0.25, 0.3) is 0 Å². The minimum atomic E-state index is -0.386. The summed E-state index contributed by atoms with van der Waals surface area (Å²) in [6.45, 7) is 0.613. The molecule has 94 valence electrons. The number of aryl methyl sites for hydroxylation is 1. The first kappa shape index (κ1) is 12.1. The van der Waals surface area contributed by atoms with E-state index in [0.717, 1.165) is 12.1 Å². The van der Waals surface area contributed by atoms with Crippen molar-refractivity contribution in [1.82, 2.24) is 9.55 Å². The predicted octanol–water partition coefficient (Wildman–Crippen LogP) is 1.98. The summed E-state index contributed by atoms with van der Waals surface area (Å²) in [5.41, 5.74) is 1.60. The van der Waals surface area contributed by atoms with E-state index < -0.39 is 0 Å². The highest BCUT2D eigenvalue weighted by Crippen LogP contribution is 2.22. The standard InChI is InChI=1S/C12H14N4O2/c1-15-8-10(14-9-15)6-7-13-11-4-2-3-5-12(11)16(17)18/h2-5,8-9,13H,6-7H2,1H3. The number of aromatic nitrogens is 2. The third-order valence-electron chi connectivity index (χ3n) is 2.56. The van der Waals surface area contributed by atoms with Crippen LogP contribution in [0, 0.1) is 10.1 Å². The molecular weight excluding hydrogens is 232 g/mol. The van der Waals surface area contributed by atoms with Gasteiger partial charge in [-0.15, -0.1) is 0 Å². The molecule has 1 aromatic carbocycles. The zero-order chi connectivity index (χ0) is 13.0. The van der Waals surface area contributed by atoms with Crippen LogP contribution in [0.1, 0.15) is 5.69 Å². The molecule has 0 atom stereocenters. The Labute approximate surface area is 104 Å². The molecule has 18 heavy (non-hydrogen) atoms. The maximum absolute atomic E-state index is 10.8. The molecule has 0 bridgehead atoms. The Hall–Kier alpha value is -2.37. The molecule has 1 N–H and O–H groups in total. The molecular formula is C12H14N4O2. The number of nitro benzene ring substituents is 1. The van der Waals surface area contributed by atoms with Crippen molar-refractivity contribution >= 4 is 11.4 Å². The Morgan fingerprint density at radius 1 is 1.44 bits per heavy atom. The van der Waals surface area contributed by atoms with Crippen LogP contribution in [-0.2, 0) is 13.5 Å². The third-order valence-corrected chi connectivity index (χ3v) is 2.56. The molecule has 0 saturated carbocycles. The first-order chi connectivity index (χ1) is 8.66. The minimum absolute atomic E-state index is 0.0959. The van der Waals surface area contributed by atoms with E-state index >= 15 is 0 Å². The molecule has 0 unspecified atom stereocenters. The second kappa shape index (κ2) is 5.31. The van der Waals surface area contributed by atoms with Gasteiger partial charge in [0.1, 0.15) is 5.69 Å². The molecule has 0 fully saturated rings. The summed E-state index contributed by atoms with van der Waals surface area (Å²) in [6, 6.07) is 6.62. The van der Waals surface area contributed by atoms with Gasteiger partial charge >= 0.3 is 0 Å². The maximum Gasteiger partial charge on any atom is 0.292 e. The SMILES string of the molecule is Cn1cnc(CCNc2ccccc2[N+](=O)[O-])c1. The van der Waals surface area contributed by atoms with Crippen molar-refractivity contribution < 1.29 is 4.92 Å². The third kappa shape index (κ3) is 2.85. The Balaban J connectivity index is 1.96. The average molecular weight is 246 g/mol. The molecule has 2 rings (SSSR count). The summed E-state index contributed by atoms with van der Waals surface area (Å²) in [6.07, 6.45) is 4.40. The van der Waals surface area contributed by atoms with E-state index in [-0.39, 0.29) is 10.6 Å². The summed E-state index contributed by atoms with van der Waals surface area (Å²) < 4.78 is 1.88. The maximum atomic E-state index is 10.8. The van der Waals surface area contributed by atoms with E-state index in [2.05, 4.69) is 10.3 Å². The van der Waals surface area contributed by atoms with Crippen LogP contribution in [0.15, 0.2) is 36.8 Å². The first-order valence-electron chi connectivity index (χ1n) is 5.61. The number of nitro groups is 1. The van der Waals surface area contributed by atoms with Crippen molar-refractivity contribution in [2.75, 3.05) is 11.9 Å². The largest absolute Gasteiger partial charge is 0.379 e. The topological polar surface area (TPSA) is 73.0 Å². The van der Waals surface area contributed by atoms with Crippen LogP contribution < -0.4 is 5.32 Å². The number of hydrogen-bond donors (Lipinski definition) is 1. The van der Waals surface area contributed by atoms with Gasteiger partial charge in [0.15, 0.2) is 0 Å². The summed E-state index contributed by atoms with van der Waals surface area (Å²) in [4.78, 5) is 14.6. The lowest BCUT2D eigenvalue weighted by atomic mass is 10.2. The van der Waals surface area contributed by atoms with E-state index in [1.54, 1.807) is 24.5 Å². The van der Waals surface area contributed by atoms with Gasteiger partial charge in [0.05, 0.1) is 16.9 Å². The zero-order valence-corrected chi connectivity index (χ0v) is 10.0. The quantitative estimate of drug-likeness (QED) is 0.646. The van der Waals surface area contributed by atoms with E-state index in [9.17, 15) is 10.1 Å². The molecule has 0 spiro atoms. The normalized spacial score (nSPS) is 10.3. The van der Waals surface area contributed by atoms with Gasteiger partial charge in [-0.1, -0.05) is 12.1 Å². The number of anilines is 1. The van der Waals surface area contributed by atoms with Crippen LogP contribution in [0.5, 0.6) is 0 Å². The first-order valence-corrected chi connectivity index (χ1v) is 5.61. The van der Waals surface area contributed by atoms with Crippen LogP contribution in [0.3, 0.4) is 0 Å². The Bertz CT molecular complexity index is 551. The molecule has 1 heterocycles. The number of rotatable bonds is 5. The highest BCUT2D eigenvalue weighted by molar-refractivity contribution is 5.61. The molecule has 2 aromatic rings. The summed E-state index contributed by atoms with van der Waals surface area (Å²) in [5.74, 6) is 0. The summed E-state index contributed by atoms with van der Waals surface area (Å²) in [5, 5.41) is 13.9. The molecule has 6 nitrogen and oxygen atoms in total. The zero-order valence-electron chi connectivity index (χ0n) is 10.0. The van der Waals surface area contributed by atoms with Gasteiger partial charge in [0.2, 0.25) is 0 Å². The second-order valence-corrected chi connectivity index (χ2v) is 3.98. The summed E-state index contributed by atoms with van der Waals surface area (Å²) >= 11 is 0. The van der Waals surface area contributed by atoms with Crippen molar-refractivity contribution in [3.05, 3.63) is 52.6 Å². The fourth-order valence-corrected chi connectivity index (χ4v) is 1.70. The molecule has 0 aliphatic rings. The van der Waals surface area contributed by atoms with Gasteiger partial charge < -0.3 is 9.88 Å². The van der Waals surface area contributed by atoms with Crippen LogP contribution in [0.2, 0.25) is 0 Å². The van der Waals surface area contributed by atoms with E-state index in [1.807, 2.05) is 17.8 Å². The van der Waals surface area contributed by atoms with Crippen molar-refractivity contribution in [2.45, 2.75) is 6.42 Å². The molecule has 6 heteroatoms. The Morgan fingerprint density at radius 3 is 2.89 bits per heavy atom. The van der Waals surface area contributed by atoms with E-state index in [4.69, 9.17) is 0 Å². The summed E-state index contributed by atoms with van der Waals surface area (Å²) in [7, 11) is 1.91. The van der Waals surface area contributed by atoms with Gasteiger partial charge in [-0.3, -0.25) is 10.1 Å². The molecule has 0 saturated heterocycles. The van der Waals surface area contributed by atoms with Crippen LogP contribution >= 0.6 is 0 Å². The second-order valence-electron chi connectivity index (χ2n) is 3.98. The van der Waals surface area contributed by atoms with Gasteiger partial charge in [-0.05, 0) is 6.07 Å². The fraction of sp³-hybridized carbons (Fsp3) is 0.250. The van der Waals surface area contributed by atoms with Crippen molar-refractivity contribution in [2.24, 2.45) is 7.05 Å². The molecule has 1 aromatic heterocycles. The fourth-order valence-electron chi connectivity index (χ4n) is 1.70. The highest BCUT2D eigenvalue weighted by Gasteiger charge is 2.11. The number of para-hydroxylation sites is 2. The lowest BCUT2D eigenvalue weighted by Crippen LogP contribution is -2.06. The number of imidazole rings is 1. The average Bonchev–Trinajstić information content (AvgIpc) is 2.75. The van der Waals surface area contributed by atoms with Gasteiger partial charge in [-0.2, -0.15) is 0 Å². The monoisotopic (exact) mass is 246 g/mol. The predicted molar refractivity (Wildman–Crippen MR) is 68.5 cm³/mol. The van der Waals surface area contributed by atoms with E-state index in [0.29, 0.717) is 12.2 Å².